The van der Waals surface area contributed by atoms with Crippen molar-refractivity contribution in [2.24, 2.45) is 12.5 Å². The van der Waals surface area contributed by atoms with Gasteiger partial charge in [0.1, 0.15) is 5.56 Å². The minimum Gasteiger partial charge on any atom is -0.478 e. The number of nitrogens with one attached hydrogen (secondary N) is 1. The molecule has 6 nitrogen and oxygen atoms in total. The van der Waals surface area contributed by atoms with Crippen LogP contribution in [0.2, 0.25) is 0 Å². The van der Waals surface area contributed by atoms with Crippen LogP contribution in [-0.2, 0) is 7.05 Å². The van der Waals surface area contributed by atoms with Gasteiger partial charge >= 0.3 is 5.97 Å². The largest absolute Gasteiger partial charge is 0.478 e. The summed E-state index contributed by atoms with van der Waals surface area (Å²) in [5.41, 5.74) is 1.47. The van der Waals surface area contributed by atoms with E-state index in [2.05, 4.69) is 36.2 Å². The normalized spacial score (nSPS) is 11.8. The molecule has 0 fully saturated rings. The lowest BCUT2D eigenvalue weighted by Crippen LogP contribution is -2.20. The quantitative estimate of drug-likeness (QED) is 0.885. The number of hydrogen-bond donors (Lipinski definition) is 2. The molecule has 0 aromatic carbocycles. The van der Waals surface area contributed by atoms with Crippen molar-refractivity contribution in [3.05, 3.63) is 18.0 Å². The molecule has 0 radical (unpaired) electrons. The lowest BCUT2D eigenvalue weighted by atomic mass is 9.96. The van der Waals surface area contributed by atoms with Crippen LogP contribution in [0, 0.1) is 5.41 Å². The molecule has 0 unspecified atom stereocenters. The van der Waals surface area contributed by atoms with Crippen molar-refractivity contribution in [2.75, 3.05) is 11.9 Å². The molecule has 0 aliphatic rings. The van der Waals surface area contributed by atoms with Crippen LogP contribution >= 0.6 is 0 Å². The predicted octanol–water partition coefficient (Wildman–Crippen LogP) is 2.12. The highest BCUT2D eigenvalue weighted by molar-refractivity contribution is 6.03. The van der Waals surface area contributed by atoms with Crippen LogP contribution < -0.4 is 5.32 Å². The minimum atomic E-state index is -0.991. The fourth-order valence-electron chi connectivity index (χ4n) is 1.80. The number of carbonyl (C=O) groups is 1. The molecule has 0 aliphatic heterocycles. The van der Waals surface area contributed by atoms with Gasteiger partial charge in [0, 0.05) is 19.8 Å². The Morgan fingerprint density at radius 2 is 2.11 bits per heavy atom. The van der Waals surface area contributed by atoms with Crippen molar-refractivity contribution < 1.29 is 9.90 Å². The van der Waals surface area contributed by atoms with E-state index in [-0.39, 0.29) is 11.0 Å². The molecule has 0 bridgehead atoms. The van der Waals surface area contributed by atoms with E-state index in [1.807, 2.05) is 0 Å². The molecule has 102 valence electrons. The first-order valence-electron chi connectivity index (χ1n) is 6.07. The highest BCUT2D eigenvalue weighted by Gasteiger charge is 2.18. The second kappa shape index (κ2) is 4.53. The average molecular weight is 262 g/mol. The van der Waals surface area contributed by atoms with Crippen LogP contribution in [0.3, 0.4) is 0 Å². The van der Waals surface area contributed by atoms with Gasteiger partial charge in [-0.2, -0.15) is 5.10 Å². The number of fused-ring (bicyclic) bond motifs is 1. The molecule has 0 saturated carbocycles. The number of carboxylic acid groups (broad SMARTS) is 1. The number of carboxylic acids is 1. The molecule has 0 spiro atoms. The number of anilines is 1. The van der Waals surface area contributed by atoms with E-state index in [0.29, 0.717) is 17.9 Å². The SMILES string of the molecule is Cn1ncc2c(NCC(C)(C)C)c(C(=O)O)cnc21. The van der Waals surface area contributed by atoms with Gasteiger partial charge in [-0.1, -0.05) is 20.8 Å². The van der Waals surface area contributed by atoms with Crippen LogP contribution in [0.15, 0.2) is 12.4 Å². The van der Waals surface area contributed by atoms with E-state index in [1.165, 1.54) is 6.20 Å². The van der Waals surface area contributed by atoms with E-state index in [9.17, 15) is 9.90 Å². The summed E-state index contributed by atoms with van der Waals surface area (Å²) in [7, 11) is 1.78. The summed E-state index contributed by atoms with van der Waals surface area (Å²) in [5.74, 6) is -0.991. The molecule has 2 aromatic heterocycles. The predicted molar refractivity (Wildman–Crippen MR) is 73.4 cm³/mol. The number of aromatic nitrogens is 3. The first-order chi connectivity index (χ1) is 8.79. The van der Waals surface area contributed by atoms with Gasteiger partial charge in [-0.3, -0.25) is 4.68 Å². The van der Waals surface area contributed by atoms with Crippen molar-refractivity contribution in [1.29, 1.82) is 0 Å². The Morgan fingerprint density at radius 1 is 1.42 bits per heavy atom. The molecule has 2 rings (SSSR count). The van der Waals surface area contributed by atoms with Gasteiger partial charge in [-0.15, -0.1) is 0 Å². The van der Waals surface area contributed by atoms with E-state index in [0.717, 1.165) is 5.39 Å². The minimum absolute atomic E-state index is 0.0492. The van der Waals surface area contributed by atoms with Crippen molar-refractivity contribution in [3.63, 3.8) is 0 Å². The molecule has 0 amide bonds. The maximum absolute atomic E-state index is 11.3. The van der Waals surface area contributed by atoms with Crippen LogP contribution in [0.1, 0.15) is 31.1 Å². The van der Waals surface area contributed by atoms with E-state index in [4.69, 9.17) is 0 Å². The third-order valence-electron chi connectivity index (χ3n) is 2.79. The zero-order chi connectivity index (χ0) is 14.2. The van der Waals surface area contributed by atoms with Crippen molar-refractivity contribution >= 4 is 22.7 Å². The summed E-state index contributed by atoms with van der Waals surface area (Å²) in [4.78, 5) is 15.4. The van der Waals surface area contributed by atoms with Crippen LogP contribution in [-0.4, -0.2) is 32.4 Å². The third-order valence-corrected chi connectivity index (χ3v) is 2.79. The summed E-state index contributed by atoms with van der Waals surface area (Å²) >= 11 is 0. The highest BCUT2D eigenvalue weighted by Crippen LogP contribution is 2.27. The van der Waals surface area contributed by atoms with Crippen molar-refractivity contribution in [3.8, 4) is 0 Å². The lowest BCUT2D eigenvalue weighted by Gasteiger charge is -2.20. The van der Waals surface area contributed by atoms with Gasteiger partial charge in [0.25, 0.3) is 0 Å². The maximum atomic E-state index is 11.3. The number of aromatic carboxylic acids is 1. The number of hydrogen-bond acceptors (Lipinski definition) is 4. The zero-order valence-corrected chi connectivity index (χ0v) is 11.6. The van der Waals surface area contributed by atoms with Gasteiger partial charge < -0.3 is 10.4 Å². The number of pyridine rings is 1. The molecule has 19 heavy (non-hydrogen) atoms. The van der Waals surface area contributed by atoms with Crippen LogP contribution in [0.25, 0.3) is 11.0 Å². The molecule has 0 aliphatic carbocycles. The molecular formula is C13H18N4O2. The van der Waals surface area contributed by atoms with Gasteiger partial charge in [0.2, 0.25) is 0 Å². The first-order valence-corrected chi connectivity index (χ1v) is 6.07. The van der Waals surface area contributed by atoms with Gasteiger partial charge in [-0.05, 0) is 5.41 Å². The molecule has 2 heterocycles. The standard InChI is InChI=1S/C13H18N4O2/c1-13(2,3)7-15-10-8-6-16-17(4)11(8)14-5-9(10)12(18)19/h5-6H,7H2,1-4H3,(H,14,15)(H,18,19). The number of rotatable bonds is 3. The van der Waals surface area contributed by atoms with Crippen LogP contribution in [0.5, 0.6) is 0 Å². The molecule has 2 N–H and O–H groups in total. The summed E-state index contributed by atoms with van der Waals surface area (Å²) in [6.07, 6.45) is 3.01. The second-order valence-electron chi connectivity index (χ2n) is 5.77. The Morgan fingerprint density at radius 3 is 2.68 bits per heavy atom. The van der Waals surface area contributed by atoms with Crippen molar-refractivity contribution in [1.82, 2.24) is 14.8 Å². The lowest BCUT2D eigenvalue weighted by molar-refractivity contribution is 0.0697. The Bertz CT molecular complexity index is 625. The zero-order valence-electron chi connectivity index (χ0n) is 11.6. The second-order valence-corrected chi connectivity index (χ2v) is 5.77. The first kappa shape index (κ1) is 13.3. The third kappa shape index (κ3) is 2.67. The topological polar surface area (TPSA) is 80.0 Å². The van der Waals surface area contributed by atoms with Crippen molar-refractivity contribution in [2.45, 2.75) is 20.8 Å². The van der Waals surface area contributed by atoms with E-state index in [1.54, 1.807) is 17.9 Å². The Labute approximate surface area is 111 Å². The smallest absolute Gasteiger partial charge is 0.339 e. The van der Waals surface area contributed by atoms with Gasteiger partial charge in [0.15, 0.2) is 5.65 Å². The fraction of sp³-hybridized carbons (Fsp3) is 0.462. The number of aryl methyl sites for hydroxylation is 1. The Kier molecular flexibility index (Phi) is 3.18. The summed E-state index contributed by atoms with van der Waals surface area (Å²) in [5, 5.41) is 17.3. The van der Waals surface area contributed by atoms with E-state index >= 15 is 0 Å². The molecule has 0 saturated heterocycles. The monoisotopic (exact) mass is 262 g/mol. The molecule has 6 heteroatoms. The molecule has 0 atom stereocenters. The Balaban J connectivity index is 2.53. The number of nitrogens with zero attached hydrogens (tertiary/aromatic N) is 3. The summed E-state index contributed by atoms with van der Waals surface area (Å²) in [6.45, 7) is 6.92. The van der Waals surface area contributed by atoms with Gasteiger partial charge in [0.05, 0.1) is 17.3 Å². The molecular weight excluding hydrogens is 244 g/mol. The highest BCUT2D eigenvalue weighted by atomic mass is 16.4. The molecule has 2 aromatic rings. The summed E-state index contributed by atoms with van der Waals surface area (Å²) < 4.78 is 1.63. The average Bonchev–Trinajstić information content (AvgIpc) is 2.67. The Hall–Kier alpha value is -2.11. The summed E-state index contributed by atoms with van der Waals surface area (Å²) in [6, 6.07) is 0. The van der Waals surface area contributed by atoms with E-state index < -0.39 is 5.97 Å². The van der Waals surface area contributed by atoms with Gasteiger partial charge in [-0.25, -0.2) is 9.78 Å². The fourth-order valence-corrected chi connectivity index (χ4v) is 1.80. The van der Waals surface area contributed by atoms with Crippen LogP contribution in [0.4, 0.5) is 5.69 Å². The maximum Gasteiger partial charge on any atom is 0.339 e.